The topological polar surface area (TPSA) is 139 Å². The van der Waals surface area contributed by atoms with Crippen LogP contribution in [0.4, 0.5) is 4.79 Å². The zero-order valence-electron chi connectivity index (χ0n) is 21.5. The lowest BCUT2D eigenvalue weighted by molar-refractivity contribution is -0.133. The van der Waals surface area contributed by atoms with Crippen LogP contribution in [-0.4, -0.2) is 85.6 Å². The van der Waals surface area contributed by atoms with Crippen LogP contribution in [-0.2, 0) is 22.4 Å². The Kier molecular flexibility index (Phi) is 9.81. The van der Waals surface area contributed by atoms with E-state index in [-0.39, 0.29) is 37.1 Å². The Balaban J connectivity index is 2.09. The minimum Gasteiger partial charge on any atom is -0.478 e. The summed E-state index contributed by atoms with van der Waals surface area (Å²) in [6.07, 6.45) is 0.514. The molecular formula is C29H34N2O7. The fourth-order valence-corrected chi connectivity index (χ4v) is 4.52. The number of carboxylic acids is 2. The molecule has 2 amide bonds. The predicted octanol–water partition coefficient (Wildman–Crippen LogP) is 2.73. The number of carbonyl (C=O) groups excluding carboxylic acids is 1. The highest BCUT2D eigenvalue weighted by molar-refractivity contribution is 5.86. The van der Waals surface area contributed by atoms with Crippen molar-refractivity contribution in [1.82, 2.24) is 9.80 Å². The molecule has 4 atom stereocenters. The third-order valence-electron chi connectivity index (χ3n) is 6.87. The van der Waals surface area contributed by atoms with Gasteiger partial charge >= 0.3 is 18.0 Å². The molecule has 0 aliphatic carbocycles. The molecule has 0 bridgehead atoms. The highest BCUT2D eigenvalue weighted by Gasteiger charge is 2.45. The van der Waals surface area contributed by atoms with Crippen LogP contribution in [0, 0.1) is 0 Å². The Labute approximate surface area is 221 Å². The standard InChI is InChI=1S/C29H34N2O7/c1-19(27(34)35)13-15-30-23(17-21-9-5-3-6-10-21)25(32)26(33)24(18-22-11-7-4-8-12-22)31(29(30)38)16-14-20(2)28(36)37/h3-14,23-26,32-33H,15-18H2,1-2H3,(H,34,35)(H,36,37)/b19-13+,20-14+/t23-,24-,25+,26+/m1/s1. The van der Waals surface area contributed by atoms with E-state index in [9.17, 15) is 34.8 Å². The zero-order chi connectivity index (χ0) is 27.8. The van der Waals surface area contributed by atoms with Crippen molar-refractivity contribution >= 4 is 18.0 Å². The van der Waals surface area contributed by atoms with Gasteiger partial charge in [0, 0.05) is 24.2 Å². The summed E-state index contributed by atoms with van der Waals surface area (Å²) >= 11 is 0. The molecule has 1 saturated heterocycles. The number of hydrogen-bond acceptors (Lipinski definition) is 5. The van der Waals surface area contributed by atoms with Crippen LogP contribution in [0.25, 0.3) is 0 Å². The molecule has 0 radical (unpaired) electrons. The Morgan fingerprint density at radius 1 is 0.711 bits per heavy atom. The van der Waals surface area contributed by atoms with Crippen LogP contribution < -0.4 is 0 Å². The molecule has 3 rings (SSSR count). The molecule has 1 aliphatic heterocycles. The quantitative estimate of drug-likeness (QED) is 0.352. The van der Waals surface area contributed by atoms with Crippen molar-refractivity contribution in [2.45, 2.75) is 51.0 Å². The second-order valence-electron chi connectivity index (χ2n) is 9.47. The van der Waals surface area contributed by atoms with Gasteiger partial charge in [0.25, 0.3) is 0 Å². The number of benzene rings is 2. The van der Waals surface area contributed by atoms with Gasteiger partial charge in [-0.2, -0.15) is 0 Å². The monoisotopic (exact) mass is 522 g/mol. The molecule has 0 spiro atoms. The molecule has 38 heavy (non-hydrogen) atoms. The van der Waals surface area contributed by atoms with Crippen molar-refractivity contribution < 1.29 is 34.8 Å². The van der Waals surface area contributed by atoms with E-state index in [0.29, 0.717) is 0 Å². The van der Waals surface area contributed by atoms with Gasteiger partial charge in [0.15, 0.2) is 0 Å². The second-order valence-corrected chi connectivity index (χ2v) is 9.47. The predicted molar refractivity (Wildman–Crippen MR) is 141 cm³/mol. The summed E-state index contributed by atoms with van der Waals surface area (Å²) in [6.45, 7) is 2.59. The van der Waals surface area contributed by atoms with E-state index in [1.165, 1.54) is 35.8 Å². The van der Waals surface area contributed by atoms with E-state index in [1.54, 1.807) is 0 Å². The molecule has 202 valence electrons. The van der Waals surface area contributed by atoms with Gasteiger partial charge in [0.1, 0.15) is 12.2 Å². The third kappa shape index (κ3) is 7.08. The number of urea groups is 1. The van der Waals surface area contributed by atoms with Gasteiger partial charge in [-0.1, -0.05) is 72.8 Å². The first-order chi connectivity index (χ1) is 18.1. The van der Waals surface area contributed by atoms with Gasteiger partial charge in [0.05, 0.1) is 12.1 Å². The van der Waals surface area contributed by atoms with Gasteiger partial charge in [-0.15, -0.1) is 0 Å². The lowest BCUT2D eigenvalue weighted by Gasteiger charge is -2.34. The van der Waals surface area contributed by atoms with Gasteiger partial charge in [0.2, 0.25) is 0 Å². The molecular weight excluding hydrogens is 488 g/mol. The summed E-state index contributed by atoms with van der Waals surface area (Å²) in [5.41, 5.74) is 1.72. The number of hydrogen-bond donors (Lipinski definition) is 4. The Bertz CT molecular complexity index is 1090. The van der Waals surface area contributed by atoms with Crippen molar-refractivity contribution in [2.75, 3.05) is 13.1 Å². The normalized spacial score (nSPS) is 22.8. The van der Waals surface area contributed by atoms with Crippen LogP contribution in [0.2, 0.25) is 0 Å². The third-order valence-corrected chi connectivity index (χ3v) is 6.87. The molecule has 2 aromatic carbocycles. The van der Waals surface area contributed by atoms with Crippen molar-refractivity contribution in [3.8, 4) is 0 Å². The van der Waals surface area contributed by atoms with Gasteiger partial charge < -0.3 is 30.2 Å². The van der Waals surface area contributed by atoms with E-state index < -0.39 is 42.3 Å². The average Bonchev–Trinajstić information content (AvgIpc) is 2.97. The van der Waals surface area contributed by atoms with Crippen LogP contribution in [0.1, 0.15) is 25.0 Å². The number of rotatable bonds is 10. The van der Waals surface area contributed by atoms with Crippen LogP contribution in [0.15, 0.2) is 84.0 Å². The van der Waals surface area contributed by atoms with Crippen LogP contribution in [0.5, 0.6) is 0 Å². The number of carbonyl (C=O) groups is 3. The Morgan fingerprint density at radius 3 is 1.37 bits per heavy atom. The van der Waals surface area contributed by atoms with Gasteiger partial charge in [-0.05, 0) is 37.8 Å². The van der Waals surface area contributed by atoms with E-state index in [2.05, 4.69) is 0 Å². The van der Waals surface area contributed by atoms with Crippen LogP contribution in [0.3, 0.4) is 0 Å². The second kappa shape index (κ2) is 13.0. The maximum Gasteiger partial charge on any atom is 0.331 e. The first-order valence-corrected chi connectivity index (χ1v) is 12.4. The van der Waals surface area contributed by atoms with Crippen LogP contribution >= 0.6 is 0 Å². The van der Waals surface area contributed by atoms with E-state index in [4.69, 9.17) is 0 Å². The SMILES string of the molecule is C/C(=C\CN1C(=O)N(C/C=C(\C)C(=O)O)[C@H](Cc2ccccc2)[C@H](O)[C@@H](O)[C@H]1Cc1ccccc1)C(=O)O. The van der Waals surface area contributed by atoms with Gasteiger partial charge in [-0.25, -0.2) is 14.4 Å². The maximum atomic E-state index is 14.1. The zero-order valence-corrected chi connectivity index (χ0v) is 21.5. The molecule has 2 aromatic rings. The molecule has 1 heterocycles. The molecule has 0 aromatic heterocycles. The maximum absolute atomic E-state index is 14.1. The molecule has 1 aliphatic rings. The number of nitrogens with zero attached hydrogens (tertiary/aromatic N) is 2. The summed E-state index contributed by atoms with van der Waals surface area (Å²) < 4.78 is 0. The van der Waals surface area contributed by atoms with Crippen molar-refractivity contribution in [3.63, 3.8) is 0 Å². The summed E-state index contributed by atoms with van der Waals surface area (Å²) in [7, 11) is 0. The van der Waals surface area contributed by atoms with Crippen molar-refractivity contribution in [2.24, 2.45) is 0 Å². The largest absolute Gasteiger partial charge is 0.478 e. The van der Waals surface area contributed by atoms with Gasteiger partial charge in [-0.3, -0.25) is 0 Å². The fraction of sp³-hybridized carbons (Fsp3) is 0.345. The Hall–Kier alpha value is -3.95. The Morgan fingerprint density at radius 2 is 1.05 bits per heavy atom. The van der Waals surface area contributed by atoms with Crippen molar-refractivity contribution in [3.05, 3.63) is 95.1 Å². The minimum absolute atomic E-state index is 0.0320. The number of carboxylic acid groups (broad SMARTS) is 2. The fourth-order valence-electron chi connectivity index (χ4n) is 4.52. The molecule has 0 saturated carbocycles. The summed E-state index contributed by atoms with van der Waals surface area (Å²) in [4.78, 5) is 39.7. The minimum atomic E-state index is -1.36. The van der Waals surface area contributed by atoms with E-state index in [1.807, 2.05) is 60.7 Å². The smallest absolute Gasteiger partial charge is 0.331 e. The number of aliphatic hydroxyl groups excluding tert-OH is 2. The first-order valence-electron chi connectivity index (χ1n) is 12.4. The highest BCUT2D eigenvalue weighted by Crippen LogP contribution is 2.27. The average molecular weight is 523 g/mol. The summed E-state index contributed by atoms with van der Waals surface area (Å²) in [5, 5.41) is 41.6. The summed E-state index contributed by atoms with van der Waals surface area (Å²) in [6, 6.07) is 16.1. The molecule has 0 unspecified atom stereocenters. The summed E-state index contributed by atoms with van der Waals surface area (Å²) in [5.74, 6) is -2.27. The highest BCUT2D eigenvalue weighted by atomic mass is 16.4. The lowest BCUT2D eigenvalue weighted by Crippen LogP contribution is -2.51. The molecule has 9 nitrogen and oxygen atoms in total. The number of amides is 2. The molecule has 9 heteroatoms. The van der Waals surface area contributed by atoms with E-state index >= 15 is 0 Å². The lowest BCUT2D eigenvalue weighted by atomic mass is 9.91. The first kappa shape index (κ1) is 28.6. The van der Waals surface area contributed by atoms with E-state index in [0.717, 1.165) is 11.1 Å². The number of aliphatic hydroxyl groups is 2. The molecule has 4 N–H and O–H groups in total. The van der Waals surface area contributed by atoms with Crippen molar-refractivity contribution in [1.29, 1.82) is 0 Å². The molecule has 1 fully saturated rings. The number of aliphatic carboxylic acids is 2.